The molecule has 1 atom stereocenters. The first-order chi connectivity index (χ1) is 12.1. The van der Waals surface area contributed by atoms with Crippen LogP contribution in [-0.2, 0) is 4.79 Å². The molecule has 4 nitrogen and oxygen atoms in total. The summed E-state index contributed by atoms with van der Waals surface area (Å²) in [5.41, 5.74) is -1.96. The fourth-order valence-electron chi connectivity index (χ4n) is 2.82. The summed E-state index contributed by atoms with van der Waals surface area (Å²) in [5.74, 6) is -0.463. The minimum Gasteiger partial charge on any atom is -0.393 e. The molecule has 25 heavy (non-hydrogen) atoms. The summed E-state index contributed by atoms with van der Waals surface area (Å²) in [5, 5.41) is 27.5. The first-order valence-electron chi connectivity index (χ1n) is 10.2. The van der Waals surface area contributed by atoms with Gasteiger partial charge in [0.15, 0.2) is 11.4 Å². The van der Waals surface area contributed by atoms with Gasteiger partial charge in [-0.3, -0.25) is 4.79 Å². The molecule has 0 aromatic carbocycles. The molecule has 3 N–H and O–H groups in total. The van der Waals surface area contributed by atoms with Crippen molar-refractivity contribution in [1.82, 2.24) is 0 Å². The van der Waals surface area contributed by atoms with Gasteiger partial charge in [-0.25, -0.2) is 0 Å². The normalized spacial score (nSPS) is 14.1. The van der Waals surface area contributed by atoms with E-state index in [0.29, 0.717) is 6.42 Å². The van der Waals surface area contributed by atoms with E-state index in [1.54, 1.807) is 0 Å². The first kappa shape index (κ1) is 24.3. The highest BCUT2D eigenvalue weighted by molar-refractivity contribution is 5.87. The van der Waals surface area contributed by atoms with Crippen LogP contribution in [0, 0.1) is 0 Å². The van der Waals surface area contributed by atoms with Gasteiger partial charge in [-0.1, -0.05) is 70.4 Å². The predicted octanol–water partition coefficient (Wildman–Crippen LogP) is 4.31. The molecule has 4 heteroatoms. The van der Waals surface area contributed by atoms with Gasteiger partial charge in [0, 0.05) is 6.42 Å². The van der Waals surface area contributed by atoms with Crippen LogP contribution in [0.5, 0.6) is 0 Å². The second-order valence-electron chi connectivity index (χ2n) is 7.11. The number of aliphatic hydroxyl groups excluding tert-OH is 2. The Hall–Kier alpha value is -0.710. The molecule has 0 bridgehead atoms. The van der Waals surface area contributed by atoms with E-state index >= 15 is 0 Å². The van der Waals surface area contributed by atoms with Gasteiger partial charge in [0.05, 0.1) is 13.2 Å². The van der Waals surface area contributed by atoms with Crippen molar-refractivity contribution in [3.8, 4) is 0 Å². The van der Waals surface area contributed by atoms with Crippen LogP contribution in [0.2, 0.25) is 0 Å². The monoisotopic (exact) mass is 358 g/mol. The van der Waals surface area contributed by atoms with Gasteiger partial charge in [-0.2, -0.15) is 0 Å². The average Bonchev–Trinajstić information content (AvgIpc) is 2.63. The van der Waals surface area contributed by atoms with Gasteiger partial charge < -0.3 is 15.3 Å². The second-order valence-corrected chi connectivity index (χ2v) is 7.11. The number of rotatable bonds is 18. The number of aliphatic hydroxyl groups is 3. The topological polar surface area (TPSA) is 77.8 Å². The quantitative estimate of drug-likeness (QED) is 0.252. The molecule has 0 aromatic rings. The van der Waals surface area contributed by atoms with Gasteiger partial charge >= 0.3 is 0 Å². The highest BCUT2D eigenvalue weighted by Gasteiger charge is 2.33. The maximum absolute atomic E-state index is 11.7. The third kappa shape index (κ3) is 13.2. The summed E-state index contributed by atoms with van der Waals surface area (Å²) in [7, 11) is 0. The summed E-state index contributed by atoms with van der Waals surface area (Å²) in [6.45, 7) is 0.817. The zero-order valence-electron chi connectivity index (χ0n) is 16.2. The van der Waals surface area contributed by atoms with E-state index in [2.05, 4.69) is 19.1 Å². The summed E-state index contributed by atoms with van der Waals surface area (Å²) >= 11 is 0. The van der Waals surface area contributed by atoms with E-state index in [0.717, 1.165) is 25.7 Å². The molecule has 0 aliphatic carbocycles. The summed E-state index contributed by atoms with van der Waals surface area (Å²) < 4.78 is 0. The number of hydrogen-bond acceptors (Lipinski definition) is 4. The number of allylic oxidation sites excluding steroid dienone is 2. The maximum Gasteiger partial charge on any atom is 0.169 e. The smallest absolute Gasteiger partial charge is 0.169 e. The molecule has 1 unspecified atom stereocenters. The lowest BCUT2D eigenvalue weighted by Crippen LogP contribution is -2.45. The number of Topliss-reactive ketones (excluding diaryl/α,β-unsaturated/α-hetero) is 1. The van der Waals surface area contributed by atoms with Crippen molar-refractivity contribution in [2.45, 2.75) is 102 Å². The van der Waals surface area contributed by atoms with Crippen LogP contribution in [0.25, 0.3) is 0 Å². The molecule has 0 aliphatic heterocycles. The Morgan fingerprint density at radius 1 is 0.880 bits per heavy atom. The van der Waals surface area contributed by atoms with E-state index in [-0.39, 0.29) is 6.42 Å². The van der Waals surface area contributed by atoms with Gasteiger partial charge in [-0.05, 0) is 32.1 Å². The van der Waals surface area contributed by atoms with E-state index < -0.39 is 24.6 Å². The van der Waals surface area contributed by atoms with Crippen molar-refractivity contribution in [3.05, 3.63) is 12.2 Å². The standard InChI is InChI=1S/C21H40O4/c1-2-3-4-5-6-7-8-9-10-11-12-13-14-15-16-17-20(24)21(25,18-22)19-23/h9-10,22-23,25H,2-8,11-19H2,1H3/b10-9-/i18+2. The molecule has 0 rings (SSSR count). The van der Waals surface area contributed by atoms with Crippen molar-refractivity contribution in [2.24, 2.45) is 0 Å². The summed E-state index contributed by atoms with van der Waals surface area (Å²) in [4.78, 5) is 11.7. The Balaban J connectivity index is 3.39. The van der Waals surface area contributed by atoms with Gasteiger partial charge in [0.1, 0.15) is 0 Å². The molecule has 0 saturated heterocycles. The molecular weight excluding hydrogens is 318 g/mol. The van der Waals surface area contributed by atoms with Gasteiger partial charge in [0.2, 0.25) is 0 Å². The molecule has 0 aromatic heterocycles. The van der Waals surface area contributed by atoms with E-state index in [4.69, 9.17) is 10.2 Å². The number of hydrogen-bond donors (Lipinski definition) is 3. The Labute approximate surface area is 154 Å². The lowest BCUT2D eigenvalue weighted by molar-refractivity contribution is -0.146. The summed E-state index contributed by atoms with van der Waals surface area (Å²) in [6.07, 6.45) is 20.3. The minimum atomic E-state index is -1.96. The molecule has 0 radical (unpaired) electrons. The van der Waals surface area contributed by atoms with Crippen LogP contribution in [0.1, 0.15) is 96.8 Å². The van der Waals surface area contributed by atoms with Gasteiger partial charge in [-0.15, -0.1) is 0 Å². The molecule has 0 saturated carbocycles. The van der Waals surface area contributed by atoms with E-state index in [1.165, 1.54) is 51.4 Å². The zero-order valence-corrected chi connectivity index (χ0v) is 16.2. The SMILES string of the molecule is CCCCCCCC/C=C\CCCCCCCC(=O)C(O)(CO)[14CH2]O. The highest BCUT2D eigenvalue weighted by atomic mass is 16.5. The number of carbonyl (C=O) groups is 1. The van der Waals surface area contributed by atoms with Gasteiger partial charge in [0.25, 0.3) is 0 Å². The minimum absolute atomic E-state index is 0.218. The van der Waals surface area contributed by atoms with Crippen molar-refractivity contribution in [3.63, 3.8) is 0 Å². The third-order valence-corrected chi connectivity index (χ3v) is 4.71. The largest absolute Gasteiger partial charge is 0.393 e. The Morgan fingerprint density at radius 2 is 1.36 bits per heavy atom. The van der Waals surface area contributed by atoms with Crippen molar-refractivity contribution in [2.75, 3.05) is 13.2 Å². The summed E-state index contributed by atoms with van der Waals surface area (Å²) in [6, 6.07) is 0. The zero-order chi connectivity index (χ0) is 18.8. The van der Waals surface area contributed by atoms with Crippen molar-refractivity contribution >= 4 is 5.78 Å². The average molecular weight is 359 g/mol. The third-order valence-electron chi connectivity index (χ3n) is 4.71. The fourth-order valence-corrected chi connectivity index (χ4v) is 2.82. The van der Waals surface area contributed by atoms with Crippen LogP contribution in [0.15, 0.2) is 12.2 Å². The van der Waals surface area contributed by atoms with Crippen LogP contribution >= 0.6 is 0 Å². The van der Waals surface area contributed by atoms with Crippen molar-refractivity contribution in [1.29, 1.82) is 0 Å². The molecule has 0 amide bonds. The van der Waals surface area contributed by atoms with Crippen LogP contribution in [0.4, 0.5) is 0 Å². The van der Waals surface area contributed by atoms with Crippen LogP contribution in [0.3, 0.4) is 0 Å². The first-order valence-corrected chi connectivity index (χ1v) is 10.2. The molecular formula is C21H40O4. The predicted molar refractivity (Wildman–Crippen MR) is 104 cm³/mol. The van der Waals surface area contributed by atoms with Crippen LogP contribution < -0.4 is 0 Å². The van der Waals surface area contributed by atoms with E-state index in [9.17, 15) is 9.90 Å². The number of unbranched alkanes of at least 4 members (excludes halogenated alkanes) is 11. The Kier molecular flexibility index (Phi) is 16.3. The fraction of sp³-hybridized carbons (Fsp3) is 0.857. The lowest BCUT2D eigenvalue weighted by atomic mass is 10.0. The van der Waals surface area contributed by atoms with Crippen LogP contribution in [-0.4, -0.2) is 39.9 Å². The Morgan fingerprint density at radius 3 is 1.84 bits per heavy atom. The second kappa shape index (κ2) is 16.7. The molecule has 0 spiro atoms. The molecule has 0 heterocycles. The number of carbonyl (C=O) groups excluding carboxylic acids is 1. The van der Waals surface area contributed by atoms with Crippen molar-refractivity contribution < 1.29 is 20.1 Å². The lowest BCUT2D eigenvalue weighted by Gasteiger charge is -2.21. The molecule has 148 valence electrons. The highest BCUT2D eigenvalue weighted by Crippen LogP contribution is 2.13. The maximum atomic E-state index is 11.7. The number of ketones is 1. The Bertz CT molecular complexity index is 335. The van der Waals surface area contributed by atoms with E-state index in [1.807, 2.05) is 0 Å². The molecule has 0 fully saturated rings. The molecule has 0 aliphatic rings.